The third-order valence-electron chi connectivity index (χ3n) is 3.39. The minimum atomic E-state index is -1.23. The molecule has 100 valence electrons. The first kappa shape index (κ1) is 13.5. The molecule has 1 aromatic carbocycles. The molecular formula is C13H14FN3O2. The average Bonchev–Trinajstić information content (AvgIpc) is 2.74. The standard InChI is InChI=1S/C13H14FN3O2/c14-11-2-1-9(10(5-11)6-15)7-17-4-3-13(16,8-17)12(18)19/h1-2,5H,3-4,7-8,16H2,(H,18,19). The van der Waals surface area contributed by atoms with E-state index in [1.54, 1.807) is 6.07 Å². The first-order valence-electron chi connectivity index (χ1n) is 5.88. The van der Waals surface area contributed by atoms with Gasteiger partial charge in [0.2, 0.25) is 0 Å². The molecule has 0 aliphatic carbocycles. The Kier molecular flexibility index (Phi) is 3.51. The molecule has 19 heavy (non-hydrogen) atoms. The summed E-state index contributed by atoms with van der Waals surface area (Å²) in [7, 11) is 0. The van der Waals surface area contributed by atoms with Crippen LogP contribution in [0.3, 0.4) is 0 Å². The van der Waals surface area contributed by atoms with Gasteiger partial charge >= 0.3 is 5.97 Å². The van der Waals surface area contributed by atoms with Gasteiger partial charge in [-0.1, -0.05) is 6.07 Å². The highest BCUT2D eigenvalue weighted by atomic mass is 19.1. The first-order valence-corrected chi connectivity index (χ1v) is 5.88. The molecule has 0 spiro atoms. The lowest BCUT2D eigenvalue weighted by Crippen LogP contribution is -2.50. The fourth-order valence-corrected chi connectivity index (χ4v) is 2.26. The van der Waals surface area contributed by atoms with E-state index in [1.165, 1.54) is 12.1 Å². The van der Waals surface area contributed by atoms with Gasteiger partial charge < -0.3 is 10.8 Å². The number of nitrogens with zero attached hydrogens (tertiary/aromatic N) is 2. The molecule has 0 bridgehead atoms. The van der Waals surface area contributed by atoms with Crippen molar-refractivity contribution in [2.75, 3.05) is 13.1 Å². The van der Waals surface area contributed by atoms with Crippen molar-refractivity contribution in [1.82, 2.24) is 4.90 Å². The van der Waals surface area contributed by atoms with Gasteiger partial charge in [-0.05, 0) is 24.1 Å². The van der Waals surface area contributed by atoms with Crippen LogP contribution in [0.5, 0.6) is 0 Å². The highest BCUT2D eigenvalue weighted by Gasteiger charge is 2.41. The second-order valence-corrected chi connectivity index (χ2v) is 4.84. The number of hydrogen-bond acceptors (Lipinski definition) is 4. The lowest BCUT2D eigenvalue weighted by atomic mass is 10.0. The van der Waals surface area contributed by atoms with Crippen LogP contribution in [0.4, 0.5) is 4.39 Å². The number of carboxylic acid groups (broad SMARTS) is 1. The van der Waals surface area contributed by atoms with Crippen molar-refractivity contribution in [3.05, 3.63) is 35.1 Å². The van der Waals surface area contributed by atoms with E-state index < -0.39 is 17.3 Å². The quantitative estimate of drug-likeness (QED) is 0.837. The van der Waals surface area contributed by atoms with E-state index in [0.29, 0.717) is 25.1 Å². The van der Waals surface area contributed by atoms with E-state index in [2.05, 4.69) is 0 Å². The van der Waals surface area contributed by atoms with Crippen molar-refractivity contribution in [3.8, 4) is 6.07 Å². The lowest BCUT2D eigenvalue weighted by molar-refractivity contribution is -0.142. The number of halogens is 1. The summed E-state index contributed by atoms with van der Waals surface area (Å²) in [6, 6.07) is 5.96. The van der Waals surface area contributed by atoms with Crippen molar-refractivity contribution in [3.63, 3.8) is 0 Å². The van der Waals surface area contributed by atoms with E-state index >= 15 is 0 Å². The SMILES string of the molecule is N#Cc1cc(F)ccc1CN1CCC(N)(C(=O)O)C1. The van der Waals surface area contributed by atoms with Crippen molar-refractivity contribution in [2.24, 2.45) is 5.73 Å². The number of nitrogens with two attached hydrogens (primary N) is 1. The van der Waals surface area contributed by atoms with Crippen molar-refractivity contribution >= 4 is 5.97 Å². The molecule has 1 saturated heterocycles. The van der Waals surface area contributed by atoms with Crippen LogP contribution in [0.15, 0.2) is 18.2 Å². The zero-order valence-electron chi connectivity index (χ0n) is 10.3. The number of aliphatic carboxylic acids is 1. The summed E-state index contributed by atoms with van der Waals surface area (Å²) in [5.74, 6) is -1.48. The van der Waals surface area contributed by atoms with Gasteiger partial charge in [-0.15, -0.1) is 0 Å². The minimum absolute atomic E-state index is 0.227. The van der Waals surface area contributed by atoms with Crippen LogP contribution in [0.2, 0.25) is 0 Å². The van der Waals surface area contributed by atoms with Crippen LogP contribution >= 0.6 is 0 Å². The summed E-state index contributed by atoms with van der Waals surface area (Å²) in [6.45, 7) is 1.17. The number of carbonyl (C=O) groups is 1. The van der Waals surface area contributed by atoms with E-state index in [0.717, 1.165) is 0 Å². The Morgan fingerprint density at radius 1 is 1.63 bits per heavy atom. The molecule has 1 heterocycles. The highest BCUT2D eigenvalue weighted by molar-refractivity contribution is 5.79. The number of hydrogen-bond donors (Lipinski definition) is 2. The third-order valence-corrected chi connectivity index (χ3v) is 3.39. The Balaban J connectivity index is 2.12. The Hall–Kier alpha value is -1.97. The van der Waals surface area contributed by atoms with Gasteiger partial charge in [0.15, 0.2) is 0 Å². The molecule has 1 aliphatic rings. The molecule has 0 saturated carbocycles. The molecular weight excluding hydrogens is 249 g/mol. The number of benzene rings is 1. The summed E-state index contributed by atoms with van der Waals surface area (Å²) in [5, 5.41) is 18.0. The third kappa shape index (κ3) is 2.72. The lowest BCUT2D eigenvalue weighted by Gasteiger charge is -2.20. The molecule has 0 amide bonds. The van der Waals surface area contributed by atoms with Crippen LogP contribution in [0.1, 0.15) is 17.5 Å². The van der Waals surface area contributed by atoms with Gasteiger partial charge in [0.05, 0.1) is 11.6 Å². The highest BCUT2D eigenvalue weighted by Crippen LogP contribution is 2.22. The number of likely N-dealkylation sites (tertiary alicyclic amines) is 1. The van der Waals surface area contributed by atoms with Crippen LogP contribution in [0, 0.1) is 17.1 Å². The number of carboxylic acids is 1. The Morgan fingerprint density at radius 2 is 2.37 bits per heavy atom. The predicted octanol–water partition coefficient (Wildman–Crippen LogP) is 0.685. The molecule has 0 aromatic heterocycles. The Labute approximate surface area is 110 Å². The van der Waals surface area contributed by atoms with Crippen LogP contribution < -0.4 is 5.73 Å². The molecule has 1 fully saturated rings. The van der Waals surface area contributed by atoms with Crippen molar-refractivity contribution in [1.29, 1.82) is 5.26 Å². The summed E-state index contributed by atoms with van der Waals surface area (Å²) >= 11 is 0. The predicted molar refractivity (Wildman–Crippen MR) is 65.6 cm³/mol. The van der Waals surface area contributed by atoms with Crippen LogP contribution in [-0.4, -0.2) is 34.6 Å². The van der Waals surface area contributed by atoms with Crippen molar-refractivity contribution < 1.29 is 14.3 Å². The molecule has 6 heteroatoms. The fourth-order valence-electron chi connectivity index (χ4n) is 2.26. The number of rotatable bonds is 3. The molecule has 2 rings (SSSR count). The summed E-state index contributed by atoms with van der Waals surface area (Å²) in [5.41, 5.74) is 5.49. The van der Waals surface area contributed by atoms with E-state index in [4.69, 9.17) is 16.1 Å². The topological polar surface area (TPSA) is 90.4 Å². The zero-order chi connectivity index (χ0) is 14.0. The molecule has 0 radical (unpaired) electrons. The second-order valence-electron chi connectivity index (χ2n) is 4.84. The maximum absolute atomic E-state index is 13.0. The Bertz CT molecular complexity index is 555. The molecule has 5 nitrogen and oxygen atoms in total. The molecule has 1 aromatic rings. The average molecular weight is 263 g/mol. The normalized spacial score (nSPS) is 23.2. The van der Waals surface area contributed by atoms with Gasteiger partial charge in [-0.2, -0.15) is 5.26 Å². The van der Waals surface area contributed by atoms with Gasteiger partial charge in [0.25, 0.3) is 0 Å². The molecule has 1 aliphatic heterocycles. The second kappa shape index (κ2) is 4.96. The summed E-state index contributed by atoms with van der Waals surface area (Å²) in [6.07, 6.45) is 0.366. The first-order chi connectivity index (χ1) is 8.94. The van der Waals surface area contributed by atoms with Gasteiger partial charge in [0.1, 0.15) is 11.4 Å². The maximum atomic E-state index is 13.0. The van der Waals surface area contributed by atoms with Crippen LogP contribution in [0.25, 0.3) is 0 Å². The molecule has 1 unspecified atom stereocenters. The summed E-state index contributed by atoms with van der Waals surface area (Å²) in [4.78, 5) is 12.9. The smallest absolute Gasteiger partial charge is 0.325 e. The minimum Gasteiger partial charge on any atom is -0.480 e. The monoisotopic (exact) mass is 263 g/mol. The summed E-state index contributed by atoms with van der Waals surface area (Å²) < 4.78 is 13.0. The van der Waals surface area contributed by atoms with E-state index in [1.807, 2.05) is 11.0 Å². The van der Waals surface area contributed by atoms with Gasteiger partial charge in [0, 0.05) is 19.6 Å². The molecule has 3 N–H and O–H groups in total. The zero-order valence-corrected chi connectivity index (χ0v) is 10.3. The number of nitriles is 1. The maximum Gasteiger partial charge on any atom is 0.325 e. The van der Waals surface area contributed by atoms with Crippen molar-refractivity contribution in [2.45, 2.75) is 18.5 Å². The van der Waals surface area contributed by atoms with Gasteiger partial charge in [-0.25, -0.2) is 4.39 Å². The van der Waals surface area contributed by atoms with Crippen LogP contribution in [-0.2, 0) is 11.3 Å². The van der Waals surface area contributed by atoms with Gasteiger partial charge in [-0.3, -0.25) is 9.69 Å². The van der Waals surface area contributed by atoms with E-state index in [-0.39, 0.29) is 12.1 Å². The Morgan fingerprint density at radius 3 is 2.95 bits per heavy atom. The fraction of sp³-hybridized carbons (Fsp3) is 0.385. The largest absolute Gasteiger partial charge is 0.480 e. The molecule has 1 atom stereocenters. The van der Waals surface area contributed by atoms with E-state index in [9.17, 15) is 9.18 Å².